The van der Waals surface area contributed by atoms with Crippen LogP contribution < -0.4 is 4.74 Å². The zero-order chi connectivity index (χ0) is 18.6. The van der Waals surface area contributed by atoms with Gasteiger partial charge in [0.1, 0.15) is 17.3 Å². The first-order chi connectivity index (χ1) is 11.8. The number of carbonyl (C=O) groups is 1. The Morgan fingerprint density at radius 2 is 1.84 bits per heavy atom. The molecule has 0 saturated heterocycles. The summed E-state index contributed by atoms with van der Waals surface area (Å²) in [4.78, 5) is 12.2. The number of aryl methyl sites for hydroxylation is 1. The molecule has 2 aromatic rings. The summed E-state index contributed by atoms with van der Waals surface area (Å²) < 4.78 is 36.2. The lowest BCUT2D eigenvalue weighted by atomic mass is 10.1. The van der Waals surface area contributed by atoms with Gasteiger partial charge in [0.25, 0.3) is 0 Å². The molecule has 0 amide bonds. The van der Waals surface area contributed by atoms with Gasteiger partial charge in [0.05, 0.1) is 12.7 Å². The molecule has 2 rings (SSSR count). The van der Waals surface area contributed by atoms with Crippen molar-refractivity contribution in [2.75, 3.05) is 21.2 Å². The fraction of sp³-hybridized carbons (Fsp3) is 0.278. The SMILES string of the molecule is COc1ccc(C(=O)OCc2cccc(C)c2)cc1S(=O)(=O)N(C)C. The van der Waals surface area contributed by atoms with Gasteiger partial charge in [-0.2, -0.15) is 0 Å². The summed E-state index contributed by atoms with van der Waals surface area (Å²) in [6.45, 7) is 2.06. The molecule has 0 aliphatic carbocycles. The van der Waals surface area contributed by atoms with Crippen LogP contribution in [0.15, 0.2) is 47.4 Å². The van der Waals surface area contributed by atoms with Crippen LogP contribution in [-0.2, 0) is 21.4 Å². The number of carbonyl (C=O) groups excluding carboxylic acids is 1. The molecule has 2 aromatic carbocycles. The number of hydrogen-bond donors (Lipinski definition) is 0. The lowest BCUT2D eigenvalue weighted by molar-refractivity contribution is 0.0472. The largest absolute Gasteiger partial charge is 0.495 e. The van der Waals surface area contributed by atoms with Crippen LogP contribution in [0.4, 0.5) is 0 Å². The highest BCUT2D eigenvalue weighted by Crippen LogP contribution is 2.27. The molecule has 0 spiro atoms. The van der Waals surface area contributed by atoms with Crippen molar-refractivity contribution >= 4 is 16.0 Å². The average Bonchev–Trinajstić information content (AvgIpc) is 2.59. The first kappa shape index (κ1) is 19.0. The molecule has 0 aliphatic heterocycles. The second-order valence-corrected chi connectivity index (χ2v) is 7.84. The van der Waals surface area contributed by atoms with Gasteiger partial charge in [-0.1, -0.05) is 29.8 Å². The minimum Gasteiger partial charge on any atom is -0.495 e. The molecule has 134 valence electrons. The van der Waals surface area contributed by atoms with Crippen LogP contribution in [-0.4, -0.2) is 39.9 Å². The number of methoxy groups -OCH3 is 1. The Balaban J connectivity index is 2.26. The number of rotatable bonds is 6. The molecule has 0 heterocycles. The van der Waals surface area contributed by atoms with E-state index in [1.807, 2.05) is 31.2 Å². The molecule has 0 aliphatic rings. The smallest absolute Gasteiger partial charge is 0.338 e. The second kappa shape index (κ2) is 7.67. The van der Waals surface area contributed by atoms with E-state index in [0.717, 1.165) is 15.4 Å². The maximum atomic E-state index is 12.4. The van der Waals surface area contributed by atoms with Crippen LogP contribution in [0, 0.1) is 6.92 Å². The van der Waals surface area contributed by atoms with Crippen molar-refractivity contribution in [2.24, 2.45) is 0 Å². The van der Waals surface area contributed by atoms with Crippen molar-refractivity contribution in [2.45, 2.75) is 18.4 Å². The quantitative estimate of drug-likeness (QED) is 0.738. The molecular weight excluding hydrogens is 342 g/mol. The zero-order valence-corrected chi connectivity index (χ0v) is 15.5. The normalized spacial score (nSPS) is 11.4. The first-order valence-electron chi connectivity index (χ1n) is 7.59. The maximum absolute atomic E-state index is 12.4. The third-order valence-electron chi connectivity index (χ3n) is 3.61. The molecule has 0 saturated carbocycles. The summed E-state index contributed by atoms with van der Waals surface area (Å²) in [5.74, 6) is -0.428. The summed E-state index contributed by atoms with van der Waals surface area (Å²) in [6, 6.07) is 11.8. The number of hydrogen-bond acceptors (Lipinski definition) is 5. The Morgan fingerprint density at radius 1 is 1.12 bits per heavy atom. The third-order valence-corrected chi connectivity index (χ3v) is 5.45. The van der Waals surface area contributed by atoms with Crippen molar-refractivity contribution in [3.8, 4) is 5.75 Å². The van der Waals surface area contributed by atoms with Crippen molar-refractivity contribution in [1.29, 1.82) is 0 Å². The van der Waals surface area contributed by atoms with E-state index in [2.05, 4.69) is 0 Å². The Labute approximate surface area is 148 Å². The molecule has 0 atom stereocenters. The molecule has 25 heavy (non-hydrogen) atoms. The maximum Gasteiger partial charge on any atom is 0.338 e. The van der Waals surface area contributed by atoms with Crippen LogP contribution in [0.25, 0.3) is 0 Å². The number of ether oxygens (including phenoxy) is 2. The van der Waals surface area contributed by atoms with E-state index in [9.17, 15) is 13.2 Å². The lowest BCUT2D eigenvalue weighted by Crippen LogP contribution is -2.23. The van der Waals surface area contributed by atoms with E-state index in [1.165, 1.54) is 39.4 Å². The van der Waals surface area contributed by atoms with Gasteiger partial charge in [-0.15, -0.1) is 0 Å². The van der Waals surface area contributed by atoms with Crippen LogP contribution >= 0.6 is 0 Å². The van der Waals surface area contributed by atoms with E-state index in [1.54, 1.807) is 0 Å². The van der Waals surface area contributed by atoms with E-state index >= 15 is 0 Å². The highest BCUT2D eigenvalue weighted by Gasteiger charge is 2.24. The molecule has 6 nitrogen and oxygen atoms in total. The molecule has 7 heteroatoms. The Kier molecular flexibility index (Phi) is 5.81. The van der Waals surface area contributed by atoms with Gasteiger partial charge < -0.3 is 9.47 Å². The highest BCUT2D eigenvalue weighted by molar-refractivity contribution is 7.89. The van der Waals surface area contributed by atoms with Gasteiger partial charge >= 0.3 is 5.97 Å². The fourth-order valence-corrected chi connectivity index (χ4v) is 3.31. The molecule has 0 radical (unpaired) electrons. The van der Waals surface area contributed by atoms with Gasteiger partial charge in [0.15, 0.2) is 0 Å². The average molecular weight is 363 g/mol. The Bertz CT molecular complexity index is 875. The summed E-state index contributed by atoms with van der Waals surface area (Å²) in [5, 5.41) is 0. The van der Waals surface area contributed by atoms with Crippen molar-refractivity contribution < 1.29 is 22.7 Å². The number of nitrogens with zero attached hydrogens (tertiary/aromatic N) is 1. The predicted molar refractivity (Wildman–Crippen MR) is 94.2 cm³/mol. The summed E-state index contributed by atoms with van der Waals surface area (Å²) in [6.07, 6.45) is 0. The first-order valence-corrected chi connectivity index (χ1v) is 9.03. The zero-order valence-electron chi connectivity index (χ0n) is 14.6. The summed E-state index contributed by atoms with van der Waals surface area (Å²) >= 11 is 0. The van der Waals surface area contributed by atoms with E-state index < -0.39 is 16.0 Å². The van der Waals surface area contributed by atoms with Gasteiger partial charge in [0, 0.05) is 14.1 Å². The minimum atomic E-state index is -3.75. The molecule has 0 N–H and O–H groups in total. The fourth-order valence-electron chi connectivity index (χ4n) is 2.24. The van der Waals surface area contributed by atoms with E-state index in [0.29, 0.717) is 0 Å². The van der Waals surface area contributed by atoms with Crippen molar-refractivity contribution in [1.82, 2.24) is 4.31 Å². The van der Waals surface area contributed by atoms with Crippen LogP contribution in [0.2, 0.25) is 0 Å². The van der Waals surface area contributed by atoms with Gasteiger partial charge in [-0.25, -0.2) is 17.5 Å². The van der Waals surface area contributed by atoms with Crippen LogP contribution in [0.3, 0.4) is 0 Å². The minimum absolute atomic E-state index is 0.0787. The van der Waals surface area contributed by atoms with Gasteiger partial charge in [0.2, 0.25) is 10.0 Å². The van der Waals surface area contributed by atoms with Crippen LogP contribution in [0.1, 0.15) is 21.5 Å². The molecule has 0 aromatic heterocycles. The molecule has 0 fully saturated rings. The summed E-state index contributed by atoms with van der Waals surface area (Å²) in [7, 11) is 0.455. The lowest BCUT2D eigenvalue weighted by Gasteiger charge is -2.15. The summed E-state index contributed by atoms with van der Waals surface area (Å²) in [5.41, 5.74) is 2.08. The van der Waals surface area contributed by atoms with Gasteiger partial charge in [-0.3, -0.25) is 0 Å². The topological polar surface area (TPSA) is 72.9 Å². The van der Waals surface area contributed by atoms with Crippen molar-refractivity contribution in [3.05, 3.63) is 59.2 Å². The van der Waals surface area contributed by atoms with Gasteiger partial charge in [-0.05, 0) is 30.7 Å². The Morgan fingerprint density at radius 3 is 2.44 bits per heavy atom. The van der Waals surface area contributed by atoms with Crippen molar-refractivity contribution in [3.63, 3.8) is 0 Å². The number of esters is 1. The Hall–Kier alpha value is -2.38. The molecular formula is C18H21NO5S. The third kappa shape index (κ3) is 4.37. The van der Waals surface area contributed by atoms with Crippen LogP contribution in [0.5, 0.6) is 5.75 Å². The number of benzene rings is 2. The van der Waals surface area contributed by atoms with E-state index in [-0.39, 0.29) is 22.8 Å². The molecule has 0 bridgehead atoms. The monoisotopic (exact) mass is 363 g/mol. The van der Waals surface area contributed by atoms with E-state index in [4.69, 9.17) is 9.47 Å². The highest BCUT2D eigenvalue weighted by atomic mass is 32.2. The standard InChI is InChI=1S/C18H21NO5S/c1-13-6-5-7-14(10-13)12-24-18(20)15-8-9-16(23-4)17(11-15)25(21,22)19(2)3/h5-11H,12H2,1-4H3. The molecule has 0 unspecified atom stereocenters. The predicted octanol–water partition coefficient (Wildman–Crippen LogP) is 2.61. The second-order valence-electron chi connectivity index (χ2n) is 5.72. The number of sulfonamides is 1.